The fourth-order valence-corrected chi connectivity index (χ4v) is 2.85. The van der Waals surface area contributed by atoms with Crippen molar-refractivity contribution < 1.29 is 4.74 Å². The molecule has 0 fully saturated rings. The maximum Gasteiger partial charge on any atom is 0.119 e. The van der Waals surface area contributed by atoms with Crippen molar-refractivity contribution in [2.45, 2.75) is 32.9 Å². The van der Waals surface area contributed by atoms with Crippen LogP contribution in [0.15, 0.2) is 41.8 Å². The van der Waals surface area contributed by atoms with E-state index in [-0.39, 0.29) is 0 Å². The van der Waals surface area contributed by atoms with Crippen LogP contribution in [-0.2, 0) is 0 Å². The summed E-state index contributed by atoms with van der Waals surface area (Å²) in [7, 11) is 0. The Morgan fingerprint density at radius 2 is 1.84 bits per heavy atom. The van der Waals surface area contributed by atoms with Crippen molar-refractivity contribution in [2.75, 3.05) is 6.61 Å². The molecule has 0 radical (unpaired) electrons. The van der Waals surface area contributed by atoms with Crippen LogP contribution in [0.2, 0.25) is 0 Å². The zero-order chi connectivity index (χ0) is 13.7. The van der Waals surface area contributed by atoms with E-state index in [1.165, 1.54) is 10.4 Å². The highest BCUT2D eigenvalue weighted by Gasteiger charge is 2.11. The third-order valence-electron chi connectivity index (χ3n) is 3.16. The largest absolute Gasteiger partial charge is 0.494 e. The normalized spacial score (nSPS) is 14.1. The summed E-state index contributed by atoms with van der Waals surface area (Å²) in [6, 6.07) is 13.3. The lowest BCUT2D eigenvalue weighted by molar-refractivity contribution is 0.340. The molecule has 1 aromatic heterocycles. The van der Waals surface area contributed by atoms with Gasteiger partial charge in [-0.15, -0.1) is 11.3 Å². The highest BCUT2D eigenvalue weighted by atomic mass is 32.1. The summed E-state index contributed by atoms with van der Waals surface area (Å²) in [6.07, 6.45) is 0. The standard InChI is InChI=1S/C16H21NOS/c1-4-18-15-9-7-14(8-10-15)12(2)17-13(3)16-6-5-11-19-16/h5-13,17H,4H2,1-3H3. The summed E-state index contributed by atoms with van der Waals surface area (Å²) >= 11 is 1.79. The summed E-state index contributed by atoms with van der Waals surface area (Å²) in [6.45, 7) is 7.11. The van der Waals surface area contributed by atoms with Gasteiger partial charge in [0.2, 0.25) is 0 Å². The lowest BCUT2D eigenvalue weighted by Gasteiger charge is -2.19. The molecule has 2 unspecified atom stereocenters. The Labute approximate surface area is 119 Å². The lowest BCUT2D eigenvalue weighted by atomic mass is 10.1. The second-order valence-corrected chi connectivity index (χ2v) is 5.61. The minimum Gasteiger partial charge on any atom is -0.494 e. The van der Waals surface area contributed by atoms with Crippen molar-refractivity contribution in [1.29, 1.82) is 0 Å². The number of hydrogen-bond donors (Lipinski definition) is 1. The smallest absolute Gasteiger partial charge is 0.119 e. The lowest BCUT2D eigenvalue weighted by Crippen LogP contribution is -2.21. The van der Waals surface area contributed by atoms with Crippen molar-refractivity contribution in [2.24, 2.45) is 0 Å². The van der Waals surface area contributed by atoms with Crippen LogP contribution in [0.4, 0.5) is 0 Å². The van der Waals surface area contributed by atoms with Crippen LogP contribution in [0.3, 0.4) is 0 Å². The third kappa shape index (κ3) is 3.82. The summed E-state index contributed by atoms with van der Waals surface area (Å²) in [5.74, 6) is 0.935. The van der Waals surface area contributed by atoms with Gasteiger partial charge in [0, 0.05) is 17.0 Å². The molecule has 1 aromatic carbocycles. The van der Waals surface area contributed by atoms with Gasteiger partial charge in [-0.1, -0.05) is 18.2 Å². The van der Waals surface area contributed by atoms with Gasteiger partial charge in [-0.2, -0.15) is 0 Å². The Morgan fingerprint density at radius 3 is 2.42 bits per heavy atom. The first kappa shape index (κ1) is 14.1. The predicted octanol–water partition coefficient (Wildman–Crippen LogP) is 4.56. The van der Waals surface area contributed by atoms with Crippen LogP contribution in [0.25, 0.3) is 0 Å². The maximum atomic E-state index is 5.46. The first-order chi connectivity index (χ1) is 9.20. The topological polar surface area (TPSA) is 21.3 Å². The molecule has 0 spiro atoms. The molecule has 1 heterocycles. The van der Waals surface area contributed by atoms with Crippen molar-refractivity contribution in [1.82, 2.24) is 5.32 Å². The van der Waals surface area contributed by atoms with Crippen LogP contribution in [0.5, 0.6) is 5.75 Å². The number of benzene rings is 1. The molecule has 0 saturated carbocycles. The molecule has 0 aliphatic carbocycles. The Morgan fingerprint density at radius 1 is 1.11 bits per heavy atom. The molecule has 2 nitrogen and oxygen atoms in total. The fourth-order valence-electron chi connectivity index (χ4n) is 2.11. The van der Waals surface area contributed by atoms with Crippen molar-refractivity contribution in [3.63, 3.8) is 0 Å². The SMILES string of the molecule is CCOc1ccc(C(C)NC(C)c2cccs2)cc1. The summed E-state index contributed by atoms with van der Waals surface area (Å²) in [5, 5.41) is 5.74. The van der Waals surface area contributed by atoms with E-state index in [4.69, 9.17) is 4.74 Å². The molecule has 0 amide bonds. The Bertz CT molecular complexity index is 478. The number of ether oxygens (including phenoxy) is 1. The van der Waals surface area contributed by atoms with Crippen LogP contribution >= 0.6 is 11.3 Å². The van der Waals surface area contributed by atoms with Gasteiger partial charge in [0.05, 0.1) is 6.61 Å². The van der Waals surface area contributed by atoms with Crippen LogP contribution in [0, 0.1) is 0 Å². The first-order valence-corrected chi connectivity index (χ1v) is 7.61. The highest BCUT2D eigenvalue weighted by Crippen LogP contribution is 2.23. The summed E-state index contributed by atoms with van der Waals surface area (Å²) in [4.78, 5) is 1.37. The molecule has 2 aromatic rings. The fraction of sp³-hybridized carbons (Fsp3) is 0.375. The summed E-state index contributed by atoms with van der Waals surface area (Å²) in [5.41, 5.74) is 1.28. The van der Waals surface area contributed by atoms with Crippen molar-refractivity contribution >= 4 is 11.3 Å². The monoisotopic (exact) mass is 275 g/mol. The molecule has 2 rings (SSSR count). The Hall–Kier alpha value is -1.32. The molecule has 0 saturated heterocycles. The molecular weight excluding hydrogens is 254 g/mol. The van der Waals surface area contributed by atoms with E-state index in [9.17, 15) is 0 Å². The van der Waals surface area contributed by atoms with Crippen molar-refractivity contribution in [3.8, 4) is 5.75 Å². The molecule has 19 heavy (non-hydrogen) atoms. The second-order valence-electron chi connectivity index (χ2n) is 4.63. The minimum absolute atomic E-state index is 0.327. The highest BCUT2D eigenvalue weighted by molar-refractivity contribution is 7.10. The molecule has 1 N–H and O–H groups in total. The molecule has 0 bridgehead atoms. The average molecular weight is 275 g/mol. The number of thiophene rings is 1. The Kier molecular flexibility index (Phi) is 5.00. The zero-order valence-corrected chi connectivity index (χ0v) is 12.5. The van der Waals surface area contributed by atoms with E-state index >= 15 is 0 Å². The van der Waals surface area contributed by atoms with Gasteiger partial charge in [0.1, 0.15) is 5.75 Å². The minimum atomic E-state index is 0.327. The quantitative estimate of drug-likeness (QED) is 0.834. The second kappa shape index (κ2) is 6.73. The van der Waals surface area contributed by atoms with E-state index < -0.39 is 0 Å². The number of nitrogens with one attached hydrogen (secondary N) is 1. The molecule has 0 aliphatic heterocycles. The van der Waals surface area contributed by atoms with Crippen LogP contribution in [-0.4, -0.2) is 6.61 Å². The van der Waals surface area contributed by atoms with Crippen LogP contribution in [0.1, 0.15) is 43.3 Å². The van der Waals surface area contributed by atoms with E-state index in [2.05, 4.69) is 48.8 Å². The first-order valence-electron chi connectivity index (χ1n) is 6.73. The van der Waals surface area contributed by atoms with Gasteiger partial charge in [-0.3, -0.25) is 0 Å². The molecule has 3 heteroatoms. The van der Waals surface area contributed by atoms with Gasteiger partial charge < -0.3 is 10.1 Å². The molecule has 2 atom stereocenters. The van der Waals surface area contributed by atoms with E-state index in [1.807, 2.05) is 19.1 Å². The zero-order valence-electron chi connectivity index (χ0n) is 11.7. The number of rotatable bonds is 6. The van der Waals surface area contributed by atoms with Gasteiger partial charge in [-0.25, -0.2) is 0 Å². The molecular formula is C16H21NOS. The van der Waals surface area contributed by atoms with Crippen LogP contribution < -0.4 is 10.1 Å². The third-order valence-corrected chi connectivity index (χ3v) is 4.22. The molecule has 102 valence electrons. The molecule has 0 aliphatic rings. The van der Waals surface area contributed by atoms with E-state index in [1.54, 1.807) is 11.3 Å². The number of hydrogen-bond acceptors (Lipinski definition) is 3. The average Bonchev–Trinajstić information content (AvgIpc) is 2.94. The van der Waals surface area contributed by atoms with E-state index in [0.29, 0.717) is 18.7 Å². The van der Waals surface area contributed by atoms with Gasteiger partial charge in [-0.05, 0) is 49.9 Å². The van der Waals surface area contributed by atoms with Gasteiger partial charge >= 0.3 is 0 Å². The van der Waals surface area contributed by atoms with Gasteiger partial charge in [0.15, 0.2) is 0 Å². The Balaban J connectivity index is 1.97. The predicted molar refractivity (Wildman–Crippen MR) is 81.9 cm³/mol. The maximum absolute atomic E-state index is 5.46. The van der Waals surface area contributed by atoms with Crippen molar-refractivity contribution in [3.05, 3.63) is 52.2 Å². The van der Waals surface area contributed by atoms with Gasteiger partial charge in [0.25, 0.3) is 0 Å². The summed E-state index contributed by atoms with van der Waals surface area (Å²) < 4.78 is 5.46. The van der Waals surface area contributed by atoms with E-state index in [0.717, 1.165) is 5.75 Å².